The Bertz CT molecular complexity index is 1320. The highest BCUT2D eigenvalue weighted by molar-refractivity contribution is 5.81. The topological polar surface area (TPSA) is 93.9 Å². The van der Waals surface area contributed by atoms with Crippen LogP contribution in [0.4, 0.5) is 11.6 Å². The number of pyridine rings is 2. The highest BCUT2D eigenvalue weighted by atomic mass is 16.5. The number of ether oxygens (including phenoxy) is 1. The van der Waals surface area contributed by atoms with Gasteiger partial charge in [0.25, 0.3) is 0 Å². The summed E-state index contributed by atoms with van der Waals surface area (Å²) in [6, 6.07) is 8.41. The van der Waals surface area contributed by atoms with Gasteiger partial charge in [-0.05, 0) is 56.0 Å². The van der Waals surface area contributed by atoms with Crippen molar-refractivity contribution in [2.45, 2.75) is 58.7 Å². The average Bonchev–Trinajstić information content (AvgIpc) is 3.35. The van der Waals surface area contributed by atoms with E-state index in [2.05, 4.69) is 70.5 Å². The number of hydrogen-bond acceptors (Lipinski definition) is 8. The van der Waals surface area contributed by atoms with Gasteiger partial charge in [0, 0.05) is 49.2 Å². The number of fused-ring (bicyclic) bond motifs is 1. The number of anilines is 2. The van der Waals surface area contributed by atoms with Crippen molar-refractivity contribution in [1.82, 2.24) is 34.8 Å². The van der Waals surface area contributed by atoms with E-state index in [4.69, 9.17) is 9.72 Å². The second-order valence-corrected chi connectivity index (χ2v) is 9.95. The van der Waals surface area contributed by atoms with Gasteiger partial charge in [-0.3, -0.25) is 14.6 Å². The second kappa shape index (κ2) is 10.7. The van der Waals surface area contributed by atoms with Crippen molar-refractivity contribution in [2.75, 3.05) is 25.0 Å². The molecule has 2 unspecified atom stereocenters. The molecule has 1 aliphatic rings. The molecule has 2 atom stereocenters. The fourth-order valence-corrected chi connectivity index (χ4v) is 4.48. The largest absolute Gasteiger partial charge is 0.376 e. The van der Waals surface area contributed by atoms with E-state index in [0.29, 0.717) is 29.7 Å². The zero-order valence-corrected chi connectivity index (χ0v) is 21.4. The summed E-state index contributed by atoms with van der Waals surface area (Å²) in [5, 5.41) is 16.1. The summed E-state index contributed by atoms with van der Waals surface area (Å²) in [4.78, 5) is 11.9. The molecule has 1 N–H and O–H groups in total. The van der Waals surface area contributed by atoms with Gasteiger partial charge in [-0.25, -0.2) is 4.98 Å². The van der Waals surface area contributed by atoms with E-state index in [1.165, 1.54) is 0 Å². The second-order valence-electron chi connectivity index (χ2n) is 9.95. The molecular formula is C27H34N8O. The zero-order valence-electron chi connectivity index (χ0n) is 21.4. The molecule has 9 nitrogen and oxygen atoms in total. The molecule has 4 aromatic heterocycles. The molecule has 1 fully saturated rings. The first-order chi connectivity index (χ1) is 17.4. The predicted octanol–water partition coefficient (Wildman–Crippen LogP) is 4.65. The molecule has 4 aromatic rings. The Balaban J connectivity index is 1.26. The lowest BCUT2D eigenvalue weighted by Crippen LogP contribution is -2.47. The van der Waals surface area contributed by atoms with Gasteiger partial charge in [0.2, 0.25) is 0 Å². The van der Waals surface area contributed by atoms with Crippen molar-refractivity contribution < 1.29 is 4.74 Å². The Morgan fingerprint density at radius 3 is 2.78 bits per heavy atom. The number of aryl methyl sites for hydroxylation is 1. The van der Waals surface area contributed by atoms with E-state index in [9.17, 15) is 0 Å². The van der Waals surface area contributed by atoms with Gasteiger partial charge in [0.1, 0.15) is 5.82 Å². The van der Waals surface area contributed by atoms with E-state index < -0.39 is 0 Å². The molecule has 0 aromatic carbocycles. The summed E-state index contributed by atoms with van der Waals surface area (Å²) in [5.41, 5.74) is 4.81. The van der Waals surface area contributed by atoms with E-state index in [0.717, 1.165) is 60.4 Å². The van der Waals surface area contributed by atoms with Crippen LogP contribution >= 0.6 is 0 Å². The van der Waals surface area contributed by atoms with Crippen molar-refractivity contribution in [2.24, 2.45) is 0 Å². The van der Waals surface area contributed by atoms with Crippen molar-refractivity contribution in [3.05, 3.63) is 54.6 Å². The molecule has 188 valence electrons. The molecule has 36 heavy (non-hydrogen) atoms. The van der Waals surface area contributed by atoms with Crippen molar-refractivity contribution >= 4 is 22.7 Å². The van der Waals surface area contributed by atoms with Gasteiger partial charge >= 0.3 is 0 Å². The Morgan fingerprint density at radius 1 is 1.03 bits per heavy atom. The summed E-state index contributed by atoms with van der Waals surface area (Å²) in [5.74, 6) is 1.77. The van der Waals surface area contributed by atoms with Crippen molar-refractivity contribution in [3.63, 3.8) is 0 Å². The lowest BCUT2D eigenvalue weighted by molar-refractivity contribution is -0.0498. The molecule has 5 rings (SSSR count). The van der Waals surface area contributed by atoms with Gasteiger partial charge in [-0.15, -0.1) is 5.10 Å². The first-order valence-electron chi connectivity index (χ1n) is 12.7. The molecule has 0 aliphatic carbocycles. The summed E-state index contributed by atoms with van der Waals surface area (Å²) < 4.78 is 7.75. The maximum atomic E-state index is 5.74. The standard InChI is InChI=1S/C27H34N8O/c1-18(2)21-11-27(33-29-13-21)32-26-7-6-24-25(31-26)10-22(12-28-24)23-14-30-35(16-23)9-5-8-34-15-20(4)36-17-19(34)3/h6-7,10-14,16,18-20H,5,8-9,15,17H2,1-4H3,(H,31,32,33). The van der Waals surface area contributed by atoms with Gasteiger partial charge < -0.3 is 10.1 Å². The fraction of sp³-hybridized carbons (Fsp3) is 0.444. The third-order valence-electron chi connectivity index (χ3n) is 6.67. The molecule has 5 heterocycles. The van der Waals surface area contributed by atoms with Crippen LogP contribution in [0.3, 0.4) is 0 Å². The third kappa shape index (κ3) is 5.68. The molecule has 0 radical (unpaired) electrons. The minimum absolute atomic E-state index is 0.306. The smallest absolute Gasteiger partial charge is 0.154 e. The zero-order chi connectivity index (χ0) is 25.1. The minimum atomic E-state index is 0.306. The number of nitrogens with one attached hydrogen (secondary N) is 1. The van der Waals surface area contributed by atoms with Crippen LogP contribution < -0.4 is 5.32 Å². The lowest BCUT2D eigenvalue weighted by atomic mass is 10.1. The quantitative estimate of drug-likeness (QED) is 0.385. The molecule has 0 spiro atoms. The van der Waals surface area contributed by atoms with E-state index in [1.54, 1.807) is 6.20 Å². The first-order valence-corrected chi connectivity index (χ1v) is 12.7. The van der Waals surface area contributed by atoms with Crippen LogP contribution in [-0.2, 0) is 11.3 Å². The van der Waals surface area contributed by atoms with Gasteiger partial charge in [0.15, 0.2) is 5.82 Å². The third-order valence-corrected chi connectivity index (χ3v) is 6.67. The van der Waals surface area contributed by atoms with Crippen molar-refractivity contribution in [1.29, 1.82) is 0 Å². The molecule has 0 saturated carbocycles. The summed E-state index contributed by atoms with van der Waals surface area (Å²) >= 11 is 0. The van der Waals surface area contributed by atoms with Gasteiger partial charge in [-0.1, -0.05) is 13.8 Å². The SMILES string of the molecule is CC1CN(CCCn2cc(-c3cnc4ccc(Nc5cc(C(C)C)cnn5)nc4c3)cn2)C(C)CO1. The average molecular weight is 487 g/mol. The van der Waals surface area contributed by atoms with Crippen LogP contribution in [0.15, 0.2) is 49.1 Å². The highest BCUT2D eigenvalue weighted by Gasteiger charge is 2.22. The van der Waals surface area contributed by atoms with E-state index >= 15 is 0 Å². The molecule has 1 saturated heterocycles. The molecule has 0 bridgehead atoms. The predicted molar refractivity (Wildman–Crippen MR) is 141 cm³/mol. The Labute approximate surface area is 211 Å². The van der Waals surface area contributed by atoms with Gasteiger partial charge in [0.05, 0.1) is 36.1 Å². The Hall–Kier alpha value is -3.43. The molecule has 9 heteroatoms. The Morgan fingerprint density at radius 2 is 1.92 bits per heavy atom. The Kier molecular flexibility index (Phi) is 7.20. The molecule has 1 aliphatic heterocycles. The number of aromatic nitrogens is 6. The summed E-state index contributed by atoms with van der Waals surface area (Å²) in [6.07, 6.45) is 9.02. The normalized spacial score (nSPS) is 18.7. The highest BCUT2D eigenvalue weighted by Crippen LogP contribution is 2.24. The maximum Gasteiger partial charge on any atom is 0.154 e. The minimum Gasteiger partial charge on any atom is -0.376 e. The monoisotopic (exact) mass is 486 g/mol. The number of morpholine rings is 1. The van der Waals surface area contributed by atoms with E-state index in [1.807, 2.05) is 35.3 Å². The molecular weight excluding hydrogens is 452 g/mol. The van der Waals surface area contributed by atoms with Crippen LogP contribution in [0.1, 0.15) is 45.6 Å². The summed E-state index contributed by atoms with van der Waals surface area (Å²) in [7, 11) is 0. The van der Waals surface area contributed by atoms with Crippen LogP contribution in [0, 0.1) is 0 Å². The number of hydrogen-bond donors (Lipinski definition) is 1. The maximum absolute atomic E-state index is 5.74. The number of nitrogens with zero attached hydrogens (tertiary/aromatic N) is 7. The fourth-order valence-electron chi connectivity index (χ4n) is 4.48. The van der Waals surface area contributed by atoms with Gasteiger partial charge in [-0.2, -0.15) is 10.2 Å². The van der Waals surface area contributed by atoms with Crippen LogP contribution in [0.25, 0.3) is 22.2 Å². The van der Waals surface area contributed by atoms with E-state index in [-0.39, 0.29) is 0 Å². The lowest BCUT2D eigenvalue weighted by Gasteiger charge is -2.36. The first kappa shape index (κ1) is 24.3. The van der Waals surface area contributed by atoms with Crippen LogP contribution in [-0.4, -0.2) is 66.7 Å². The summed E-state index contributed by atoms with van der Waals surface area (Å²) in [6.45, 7) is 12.4. The molecule has 0 amide bonds. The number of rotatable bonds is 8. The van der Waals surface area contributed by atoms with Crippen LogP contribution in [0.2, 0.25) is 0 Å². The van der Waals surface area contributed by atoms with Crippen LogP contribution in [0.5, 0.6) is 0 Å². The van der Waals surface area contributed by atoms with Crippen molar-refractivity contribution in [3.8, 4) is 11.1 Å².